The maximum atomic E-state index is 11.3. The minimum absolute atomic E-state index is 0.144. The van der Waals surface area contributed by atoms with E-state index in [4.69, 9.17) is 5.11 Å². The average Bonchev–Trinajstić information content (AvgIpc) is 2.07. The number of rotatable bonds is 3. The van der Waals surface area contributed by atoms with Gasteiger partial charge in [-0.3, -0.25) is 4.79 Å². The molecule has 0 aliphatic heterocycles. The van der Waals surface area contributed by atoms with Gasteiger partial charge in [-0.25, -0.2) is 4.79 Å². The Morgan fingerprint density at radius 1 is 1.50 bits per heavy atom. The van der Waals surface area contributed by atoms with E-state index in [0.717, 1.165) is 0 Å². The van der Waals surface area contributed by atoms with E-state index in [1.807, 2.05) is 13.8 Å². The SMILES string of the molecule is CC(C)Cn1cc(C(=O)O)ccc1=O. The van der Waals surface area contributed by atoms with Crippen molar-refractivity contribution in [3.8, 4) is 0 Å². The molecule has 0 unspecified atom stereocenters. The molecule has 0 radical (unpaired) electrons. The largest absolute Gasteiger partial charge is 0.478 e. The monoisotopic (exact) mass is 195 g/mol. The third kappa shape index (κ3) is 2.45. The van der Waals surface area contributed by atoms with Crippen molar-refractivity contribution >= 4 is 5.97 Å². The zero-order valence-corrected chi connectivity index (χ0v) is 8.23. The molecule has 1 rings (SSSR count). The highest BCUT2D eigenvalue weighted by atomic mass is 16.4. The number of aromatic carboxylic acids is 1. The fraction of sp³-hybridized carbons (Fsp3) is 0.400. The molecular formula is C10H13NO3. The first-order chi connectivity index (χ1) is 6.50. The first-order valence-electron chi connectivity index (χ1n) is 4.44. The second kappa shape index (κ2) is 4.09. The fourth-order valence-corrected chi connectivity index (χ4v) is 1.19. The van der Waals surface area contributed by atoms with E-state index in [0.29, 0.717) is 12.5 Å². The molecular weight excluding hydrogens is 182 g/mol. The lowest BCUT2D eigenvalue weighted by Gasteiger charge is -2.08. The van der Waals surface area contributed by atoms with E-state index in [2.05, 4.69) is 0 Å². The molecule has 4 heteroatoms. The minimum atomic E-state index is -1.01. The predicted octanol–water partition coefficient (Wildman–Crippen LogP) is 1.20. The smallest absolute Gasteiger partial charge is 0.337 e. The van der Waals surface area contributed by atoms with Crippen LogP contribution in [0.5, 0.6) is 0 Å². The molecule has 1 heterocycles. The molecule has 14 heavy (non-hydrogen) atoms. The van der Waals surface area contributed by atoms with Crippen molar-refractivity contribution in [1.29, 1.82) is 0 Å². The number of hydrogen-bond acceptors (Lipinski definition) is 2. The van der Waals surface area contributed by atoms with Crippen molar-refractivity contribution in [2.45, 2.75) is 20.4 Å². The van der Waals surface area contributed by atoms with Crippen LogP contribution in [0.3, 0.4) is 0 Å². The average molecular weight is 195 g/mol. The molecule has 0 saturated carbocycles. The number of hydrogen-bond donors (Lipinski definition) is 1. The van der Waals surface area contributed by atoms with E-state index in [-0.39, 0.29) is 11.1 Å². The Balaban J connectivity index is 3.08. The van der Waals surface area contributed by atoms with Gasteiger partial charge in [0.2, 0.25) is 0 Å². The van der Waals surface area contributed by atoms with Crippen molar-refractivity contribution in [2.75, 3.05) is 0 Å². The quantitative estimate of drug-likeness (QED) is 0.788. The fourth-order valence-electron chi connectivity index (χ4n) is 1.19. The van der Waals surface area contributed by atoms with Crippen molar-refractivity contribution in [3.63, 3.8) is 0 Å². The van der Waals surface area contributed by atoms with Gasteiger partial charge < -0.3 is 9.67 Å². The number of carboxylic acids is 1. The summed E-state index contributed by atoms with van der Waals surface area (Å²) in [5.41, 5.74) is -0.0195. The van der Waals surface area contributed by atoms with E-state index >= 15 is 0 Å². The van der Waals surface area contributed by atoms with Crippen molar-refractivity contribution in [3.05, 3.63) is 34.2 Å². The standard InChI is InChI=1S/C10H13NO3/c1-7(2)5-11-6-8(10(13)14)3-4-9(11)12/h3-4,6-7H,5H2,1-2H3,(H,13,14). The van der Waals surface area contributed by atoms with Crippen LogP contribution >= 0.6 is 0 Å². The highest BCUT2D eigenvalue weighted by Gasteiger charge is 2.05. The predicted molar refractivity (Wildman–Crippen MR) is 52.5 cm³/mol. The third-order valence-electron chi connectivity index (χ3n) is 1.79. The first kappa shape index (κ1) is 10.5. The molecule has 0 bridgehead atoms. The Morgan fingerprint density at radius 2 is 2.14 bits per heavy atom. The summed E-state index contributed by atoms with van der Waals surface area (Å²) < 4.78 is 1.42. The molecule has 0 aromatic carbocycles. The Bertz CT molecular complexity index is 393. The lowest BCUT2D eigenvalue weighted by molar-refractivity contribution is 0.0695. The molecule has 0 fully saturated rings. The topological polar surface area (TPSA) is 59.3 Å². The van der Waals surface area contributed by atoms with Crippen LogP contribution in [0, 0.1) is 5.92 Å². The molecule has 0 saturated heterocycles. The molecule has 76 valence electrons. The molecule has 0 spiro atoms. The summed E-state index contributed by atoms with van der Waals surface area (Å²) in [5, 5.41) is 8.72. The lowest BCUT2D eigenvalue weighted by atomic mass is 10.2. The van der Waals surface area contributed by atoms with Gasteiger partial charge in [-0.05, 0) is 12.0 Å². The zero-order chi connectivity index (χ0) is 10.7. The van der Waals surface area contributed by atoms with Gasteiger partial charge in [0.1, 0.15) is 0 Å². The summed E-state index contributed by atoms with van der Waals surface area (Å²) in [6, 6.07) is 2.60. The normalized spacial score (nSPS) is 10.5. The molecule has 0 aliphatic rings. The third-order valence-corrected chi connectivity index (χ3v) is 1.79. The summed E-state index contributed by atoms with van der Waals surface area (Å²) in [5.74, 6) is -0.695. The summed E-state index contributed by atoms with van der Waals surface area (Å²) in [7, 11) is 0. The zero-order valence-electron chi connectivity index (χ0n) is 8.23. The molecule has 1 aromatic heterocycles. The molecule has 4 nitrogen and oxygen atoms in total. The van der Waals surface area contributed by atoms with Gasteiger partial charge in [-0.1, -0.05) is 13.8 Å². The van der Waals surface area contributed by atoms with Gasteiger partial charge in [-0.2, -0.15) is 0 Å². The van der Waals surface area contributed by atoms with E-state index in [9.17, 15) is 9.59 Å². The number of aromatic nitrogens is 1. The van der Waals surface area contributed by atoms with Crippen LogP contribution in [-0.2, 0) is 6.54 Å². The Kier molecular flexibility index (Phi) is 3.06. The van der Waals surface area contributed by atoms with Gasteiger partial charge in [0, 0.05) is 18.8 Å². The molecule has 1 aromatic rings. The Hall–Kier alpha value is -1.58. The second-order valence-electron chi connectivity index (χ2n) is 3.61. The highest BCUT2D eigenvalue weighted by molar-refractivity contribution is 5.87. The summed E-state index contributed by atoms with van der Waals surface area (Å²) in [6.45, 7) is 4.49. The van der Waals surface area contributed by atoms with Crippen LogP contribution in [0.25, 0.3) is 0 Å². The van der Waals surface area contributed by atoms with Crippen LogP contribution in [0.4, 0.5) is 0 Å². The highest BCUT2D eigenvalue weighted by Crippen LogP contribution is 1.99. The Labute approximate surface area is 81.8 Å². The molecule has 0 aliphatic carbocycles. The van der Waals surface area contributed by atoms with Gasteiger partial charge in [-0.15, -0.1) is 0 Å². The summed E-state index contributed by atoms with van der Waals surface area (Å²) in [4.78, 5) is 21.9. The van der Waals surface area contributed by atoms with Gasteiger partial charge in [0.15, 0.2) is 0 Å². The van der Waals surface area contributed by atoms with Gasteiger partial charge in [0.25, 0.3) is 5.56 Å². The van der Waals surface area contributed by atoms with Crippen LogP contribution < -0.4 is 5.56 Å². The van der Waals surface area contributed by atoms with Crippen molar-refractivity contribution in [2.24, 2.45) is 5.92 Å². The summed E-state index contributed by atoms with van der Waals surface area (Å²) in [6.07, 6.45) is 1.38. The number of carbonyl (C=O) groups is 1. The Morgan fingerprint density at radius 3 is 2.64 bits per heavy atom. The van der Waals surface area contributed by atoms with Crippen LogP contribution in [-0.4, -0.2) is 15.6 Å². The maximum Gasteiger partial charge on any atom is 0.337 e. The molecule has 1 N–H and O–H groups in total. The second-order valence-corrected chi connectivity index (χ2v) is 3.61. The van der Waals surface area contributed by atoms with Crippen LogP contribution in [0.2, 0.25) is 0 Å². The first-order valence-corrected chi connectivity index (χ1v) is 4.44. The lowest BCUT2D eigenvalue weighted by Crippen LogP contribution is -2.22. The summed E-state index contributed by atoms with van der Waals surface area (Å²) >= 11 is 0. The number of carboxylic acid groups (broad SMARTS) is 1. The molecule has 0 amide bonds. The van der Waals surface area contributed by atoms with Gasteiger partial charge >= 0.3 is 5.97 Å². The van der Waals surface area contributed by atoms with Gasteiger partial charge in [0.05, 0.1) is 5.56 Å². The van der Waals surface area contributed by atoms with Crippen LogP contribution in [0.1, 0.15) is 24.2 Å². The number of pyridine rings is 1. The molecule has 0 atom stereocenters. The van der Waals surface area contributed by atoms with Crippen LogP contribution in [0.15, 0.2) is 23.1 Å². The van der Waals surface area contributed by atoms with E-state index < -0.39 is 5.97 Å². The van der Waals surface area contributed by atoms with E-state index in [1.54, 1.807) is 0 Å². The number of nitrogens with zero attached hydrogens (tertiary/aromatic N) is 1. The minimum Gasteiger partial charge on any atom is -0.478 e. The van der Waals surface area contributed by atoms with E-state index in [1.165, 1.54) is 22.9 Å². The van der Waals surface area contributed by atoms with Crippen molar-refractivity contribution in [1.82, 2.24) is 4.57 Å². The van der Waals surface area contributed by atoms with Crippen molar-refractivity contribution < 1.29 is 9.90 Å². The maximum absolute atomic E-state index is 11.3.